The number of halogens is 1. The third kappa shape index (κ3) is 2.90. The summed E-state index contributed by atoms with van der Waals surface area (Å²) < 4.78 is 15.3. The highest BCUT2D eigenvalue weighted by Gasteiger charge is 2.70. The van der Waals surface area contributed by atoms with E-state index in [0.717, 1.165) is 23.1 Å². The molecule has 1 aliphatic carbocycles. The molecule has 3 atom stereocenters. The number of aromatic nitrogens is 2. The number of nitrogens with zero attached hydrogens (tertiary/aromatic N) is 3. The van der Waals surface area contributed by atoms with Gasteiger partial charge < -0.3 is 10.2 Å². The predicted molar refractivity (Wildman–Crippen MR) is 126 cm³/mol. The van der Waals surface area contributed by atoms with Crippen LogP contribution in [0, 0.1) is 18.7 Å². The number of piperidine rings is 1. The zero-order valence-electron chi connectivity index (χ0n) is 18.6. The zero-order chi connectivity index (χ0) is 22.7. The second-order valence-corrected chi connectivity index (χ2v) is 9.23. The molecule has 1 aliphatic heterocycles. The van der Waals surface area contributed by atoms with E-state index in [1.54, 1.807) is 19.2 Å². The molecule has 0 unspecified atom stereocenters. The molecule has 0 spiro atoms. The van der Waals surface area contributed by atoms with Crippen LogP contribution in [0.5, 0.6) is 0 Å². The van der Waals surface area contributed by atoms with Crippen molar-refractivity contribution in [2.75, 3.05) is 20.1 Å². The minimum absolute atomic E-state index is 0.0174. The average molecular weight is 441 g/mol. The maximum Gasteiger partial charge on any atom is 0.317 e. The summed E-state index contributed by atoms with van der Waals surface area (Å²) in [7, 11) is 1.69. The summed E-state index contributed by atoms with van der Waals surface area (Å²) in [5.41, 5.74) is 5.54. The van der Waals surface area contributed by atoms with Crippen LogP contribution in [0.15, 0.2) is 72.9 Å². The fourth-order valence-corrected chi connectivity index (χ4v) is 6.04. The van der Waals surface area contributed by atoms with Gasteiger partial charge in [0.15, 0.2) is 0 Å². The Morgan fingerprint density at radius 3 is 2.61 bits per heavy atom. The van der Waals surface area contributed by atoms with Gasteiger partial charge in [-0.15, -0.1) is 0 Å². The fourth-order valence-electron chi connectivity index (χ4n) is 6.04. The van der Waals surface area contributed by atoms with Crippen molar-refractivity contribution in [2.24, 2.45) is 5.92 Å². The molecule has 1 aromatic heterocycles. The second-order valence-electron chi connectivity index (χ2n) is 9.23. The molecule has 1 saturated heterocycles. The number of amides is 2. The van der Waals surface area contributed by atoms with Crippen molar-refractivity contribution in [1.29, 1.82) is 0 Å². The quantitative estimate of drug-likeness (QED) is 0.499. The van der Waals surface area contributed by atoms with Crippen molar-refractivity contribution < 1.29 is 9.18 Å². The number of benzene rings is 3. The van der Waals surface area contributed by atoms with E-state index in [1.807, 2.05) is 21.8 Å². The molecule has 2 amide bonds. The molecule has 2 heterocycles. The lowest BCUT2D eigenvalue weighted by molar-refractivity contribution is 0.203. The van der Waals surface area contributed by atoms with Crippen LogP contribution in [0.4, 0.5) is 9.18 Å². The molecule has 5 nitrogen and oxygen atoms in total. The van der Waals surface area contributed by atoms with Crippen molar-refractivity contribution in [3.8, 4) is 5.69 Å². The monoisotopic (exact) mass is 440 g/mol. The lowest BCUT2D eigenvalue weighted by Crippen LogP contribution is -2.40. The molecule has 6 heteroatoms. The molecule has 4 aromatic rings. The highest BCUT2D eigenvalue weighted by molar-refractivity contribution is 5.83. The molecular formula is C27H25FN4O. The van der Waals surface area contributed by atoms with Crippen LogP contribution < -0.4 is 5.32 Å². The molecule has 33 heavy (non-hydrogen) atoms. The lowest BCUT2D eigenvalue weighted by atomic mass is 9.86. The largest absolute Gasteiger partial charge is 0.341 e. The van der Waals surface area contributed by atoms with Crippen LogP contribution >= 0.6 is 0 Å². The predicted octanol–water partition coefficient (Wildman–Crippen LogP) is 4.78. The zero-order valence-corrected chi connectivity index (χ0v) is 18.6. The third-order valence-electron chi connectivity index (χ3n) is 7.53. The Morgan fingerprint density at radius 2 is 1.88 bits per heavy atom. The first-order chi connectivity index (χ1) is 16.0. The maximum atomic E-state index is 13.4. The van der Waals surface area contributed by atoms with Gasteiger partial charge in [-0.25, -0.2) is 13.9 Å². The summed E-state index contributed by atoms with van der Waals surface area (Å²) in [5, 5.41) is 8.43. The van der Waals surface area contributed by atoms with Crippen molar-refractivity contribution >= 4 is 16.9 Å². The van der Waals surface area contributed by atoms with E-state index in [1.165, 1.54) is 28.8 Å². The normalized spacial score (nSPS) is 23.5. The van der Waals surface area contributed by atoms with Crippen molar-refractivity contribution in [3.05, 3.63) is 95.4 Å². The molecule has 0 radical (unpaired) electrons. The standard InChI is InChI=1S/C27H25FN4O/c1-17-12-24-19(14-30-32(24)21-10-8-20(28)9-11-21)13-22(17)27-16-31(26(33)29-2)15-23(27)25(27)18-6-4-3-5-7-18/h3-14,23,25H,15-16H2,1-2H3,(H,29,33)/t23-,25-,27+/m1/s1. The number of aryl methyl sites for hydroxylation is 1. The minimum atomic E-state index is -0.263. The number of carbonyl (C=O) groups excluding carboxylic acids is 1. The first-order valence-electron chi connectivity index (χ1n) is 11.3. The van der Waals surface area contributed by atoms with Gasteiger partial charge in [0.05, 0.1) is 17.4 Å². The Balaban J connectivity index is 1.45. The number of carbonyl (C=O) groups is 1. The number of urea groups is 1. The van der Waals surface area contributed by atoms with Gasteiger partial charge in [0.25, 0.3) is 0 Å². The van der Waals surface area contributed by atoms with Crippen molar-refractivity contribution in [1.82, 2.24) is 20.0 Å². The van der Waals surface area contributed by atoms with E-state index in [2.05, 4.69) is 53.7 Å². The third-order valence-corrected chi connectivity index (χ3v) is 7.53. The fraction of sp³-hybridized carbons (Fsp3) is 0.259. The average Bonchev–Trinajstić information content (AvgIpc) is 3.11. The van der Waals surface area contributed by atoms with E-state index < -0.39 is 0 Å². The lowest BCUT2D eigenvalue weighted by Gasteiger charge is -2.25. The van der Waals surface area contributed by atoms with Gasteiger partial charge in [0.1, 0.15) is 5.82 Å². The van der Waals surface area contributed by atoms with Crippen LogP contribution in [-0.4, -0.2) is 40.8 Å². The SMILES string of the molecule is CNC(=O)N1C[C@@H]2[C@@H](c3ccccc3)[C@]2(c2cc3cnn(-c4ccc(F)cc4)c3cc2C)C1. The van der Waals surface area contributed by atoms with Crippen LogP contribution in [0.25, 0.3) is 16.6 Å². The van der Waals surface area contributed by atoms with Gasteiger partial charge in [-0.05, 0) is 65.9 Å². The Morgan fingerprint density at radius 1 is 1.12 bits per heavy atom. The molecule has 166 valence electrons. The number of rotatable bonds is 3. The van der Waals surface area contributed by atoms with E-state index in [-0.39, 0.29) is 17.3 Å². The van der Waals surface area contributed by atoms with Crippen LogP contribution in [0.1, 0.15) is 22.6 Å². The van der Waals surface area contributed by atoms with E-state index in [0.29, 0.717) is 18.4 Å². The molecular weight excluding hydrogens is 415 g/mol. The Labute approximate surface area is 191 Å². The van der Waals surface area contributed by atoms with E-state index in [9.17, 15) is 9.18 Å². The van der Waals surface area contributed by atoms with Crippen LogP contribution in [0.2, 0.25) is 0 Å². The van der Waals surface area contributed by atoms with Gasteiger partial charge in [-0.2, -0.15) is 5.10 Å². The molecule has 1 N–H and O–H groups in total. The maximum absolute atomic E-state index is 13.4. The molecule has 3 aromatic carbocycles. The number of hydrogen-bond donors (Lipinski definition) is 1. The first-order valence-corrected chi connectivity index (χ1v) is 11.3. The van der Waals surface area contributed by atoms with Crippen molar-refractivity contribution in [3.63, 3.8) is 0 Å². The summed E-state index contributed by atoms with van der Waals surface area (Å²) in [4.78, 5) is 14.4. The summed E-state index contributed by atoms with van der Waals surface area (Å²) in [6.07, 6.45) is 1.87. The molecule has 6 rings (SSSR count). The number of nitrogens with one attached hydrogen (secondary N) is 1. The van der Waals surface area contributed by atoms with E-state index >= 15 is 0 Å². The smallest absolute Gasteiger partial charge is 0.317 e. The second kappa shape index (κ2) is 7.17. The topological polar surface area (TPSA) is 50.2 Å². The number of fused-ring (bicyclic) bond motifs is 2. The van der Waals surface area contributed by atoms with Gasteiger partial charge >= 0.3 is 6.03 Å². The van der Waals surface area contributed by atoms with Crippen LogP contribution in [-0.2, 0) is 5.41 Å². The molecule has 0 bridgehead atoms. The Hall–Kier alpha value is -3.67. The molecule has 2 fully saturated rings. The molecule has 2 aliphatic rings. The Kier molecular flexibility index (Phi) is 4.34. The highest BCUT2D eigenvalue weighted by Crippen LogP contribution is 2.69. The highest BCUT2D eigenvalue weighted by atomic mass is 19.1. The number of hydrogen-bond acceptors (Lipinski definition) is 2. The number of likely N-dealkylation sites (tertiary alicyclic amines) is 1. The van der Waals surface area contributed by atoms with Gasteiger partial charge in [-0.1, -0.05) is 30.3 Å². The molecule has 1 saturated carbocycles. The summed E-state index contributed by atoms with van der Waals surface area (Å²) >= 11 is 0. The van der Waals surface area contributed by atoms with Gasteiger partial charge in [0.2, 0.25) is 0 Å². The first kappa shape index (κ1) is 20.0. The van der Waals surface area contributed by atoms with Gasteiger partial charge in [-0.3, -0.25) is 0 Å². The summed E-state index contributed by atoms with van der Waals surface area (Å²) in [5.74, 6) is 0.518. The van der Waals surface area contributed by atoms with E-state index in [4.69, 9.17) is 0 Å². The summed E-state index contributed by atoms with van der Waals surface area (Å²) in [6.45, 7) is 3.60. The Bertz CT molecular complexity index is 1360. The van der Waals surface area contributed by atoms with Crippen LogP contribution in [0.3, 0.4) is 0 Å². The van der Waals surface area contributed by atoms with Crippen molar-refractivity contribution in [2.45, 2.75) is 18.3 Å². The summed E-state index contributed by atoms with van der Waals surface area (Å²) in [6, 6.07) is 21.4. The minimum Gasteiger partial charge on any atom is -0.341 e. The van der Waals surface area contributed by atoms with Gasteiger partial charge in [0, 0.05) is 36.9 Å².